The number of hydrogen-bond donors (Lipinski definition) is 2. The molecule has 0 aliphatic heterocycles. The van der Waals surface area contributed by atoms with Crippen LogP contribution in [0.1, 0.15) is 44.7 Å². The molecular weight excluding hydrogens is 268 g/mol. The Morgan fingerprint density at radius 1 is 1.38 bits per heavy atom. The lowest BCUT2D eigenvalue weighted by Gasteiger charge is -2.08. The molecule has 0 atom stereocenters. The summed E-state index contributed by atoms with van der Waals surface area (Å²) in [6.45, 7) is 6.23. The highest BCUT2D eigenvalue weighted by atomic mass is 16.5. The van der Waals surface area contributed by atoms with Crippen molar-refractivity contribution in [1.82, 2.24) is 15.5 Å². The lowest BCUT2D eigenvalue weighted by atomic mass is 10.2. The Bertz CT molecular complexity index is 443. The van der Waals surface area contributed by atoms with Crippen molar-refractivity contribution in [1.29, 1.82) is 0 Å². The number of nitrogens with zero attached hydrogens (tertiary/aromatic N) is 2. The van der Waals surface area contributed by atoms with Crippen LogP contribution in [0.15, 0.2) is 12.1 Å². The summed E-state index contributed by atoms with van der Waals surface area (Å²) in [4.78, 5) is 11.7. The van der Waals surface area contributed by atoms with Gasteiger partial charge >= 0.3 is 6.03 Å². The molecule has 1 aromatic rings. The largest absolute Gasteiger partial charge is 0.381 e. The van der Waals surface area contributed by atoms with Gasteiger partial charge in [-0.1, -0.05) is 13.8 Å². The highest BCUT2D eigenvalue weighted by Gasteiger charge is 2.25. The van der Waals surface area contributed by atoms with Gasteiger partial charge in [0.25, 0.3) is 0 Å². The average molecular weight is 292 g/mol. The Kier molecular flexibility index (Phi) is 5.92. The molecule has 1 aliphatic rings. The molecule has 2 amide bonds. The van der Waals surface area contributed by atoms with Crippen LogP contribution < -0.4 is 10.6 Å². The van der Waals surface area contributed by atoms with Gasteiger partial charge in [-0.25, -0.2) is 4.79 Å². The number of carbonyl (C=O) groups is 1. The highest BCUT2D eigenvalue weighted by molar-refractivity contribution is 5.87. The van der Waals surface area contributed by atoms with E-state index < -0.39 is 0 Å². The van der Waals surface area contributed by atoms with Crippen LogP contribution in [0.4, 0.5) is 10.6 Å². The SMILES string of the molecule is CC(C)COCCCNC(=O)Nc1ccc(C2CC2)nn1. The first-order valence-electron chi connectivity index (χ1n) is 7.61. The summed E-state index contributed by atoms with van der Waals surface area (Å²) >= 11 is 0. The van der Waals surface area contributed by atoms with Gasteiger partial charge in [-0.15, -0.1) is 5.10 Å². The molecule has 1 fully saturated rings. The summed E-state index contributed by atoms with van der Waals surface area (Å²) in [6.07, 6.45) is 3.19. The number of ether oxygens (including phenoxy) is 1. The number of aromatic nitrogens is 2. The molecular formula is C15H24N4O2. The third-order valence-electron chi connectivity index (χ3n) is 3.12. The first-order valence-corrected chi connectivity index (χ1v) is 7.61. The van der Waals surface area contributed by atoms with Crippen molar-refractivity contribution in [2.45, 2.75) is 39.0 Å². The molecule has 6 heteroatoms. The van der Waals surface area contributed by atoms with Crippen molar-refractivity contribution in [3.05, 3.63) is 17.8 Å². The van der Waals surface area contributed by atoms with E-state index in [0.717, 1.165) is 18.7 Å². The van der Waals surface area contributed by atoms with Crippen molar-refractivity contribution >= 4 is 11.8 Å². The van der Waals surface area contributed by atoms with Gasteiger partial charge < -0.3 is 10.1 Å². The summed E-state index contributed by atoms with van der Waals surface area (Å²) in [5.74, 6) is 1.60. The third kappa shape index (κ3) is 6.08. The second kappa shape index (κ2) is 7.93. The highest BCUT2D eigenvalue weighted by Crippen LogP contribution is 2.38. The Morgan fingerprint density at radius 2 is 2.19 bits per heavy atom. The van der Waals surface area contributed by atoms with E-state index in [9.17, 15) is 4.79 Å². The average Bonchev–Trinajstić information content (AvgIpc) is 3.28. The molecule has 0 saturated heterocycles. The van der Waals surface area contributed by atoms with Crippen LogP contribution in [-0.4, -0.2) is 36.0 Å². The van der Waals surface area contributed by atoms with Crippen LogP contribution in [0, 0.1) is 5.92 Å². The summed E-state index contributed by atoms with van der Waals surface area (Å²) in [5.41, 5.74) is 1.02. The zero-order chi connectivity index (χ0) is 15.1. The van der Waals surface area contributed by atoms with E-state index >= 15 is 0 Å². The van der Waals surface area contributed by atoms with Gasteiger partial charge in [0.05, 0.1) is 5.69 Å². The van der Waals surface area contributed by atoms with Crippen LogP contribution in [0.5, 0.6) is 0 Å². The number of hydrogen-bond acceptors (Lipinski definition) is 4. The van der Waals surface area contributed by atoms with Crippen LogP contribution >= 0.6 is 0 Å². The molecule has 2 rings (SSSR count). The Balaban J connectivity index is 1.58. The molecule has 6 nitrogen and oxygen atoms in total. The smallest absolute Gasteiger partial charge is 0.320 e. The fraction of sp³-hybridized carbons (Fsp3) is 0.667. The molecule has 21 heavy (non-hydrogen) atoms. The number of amides is 2. The van der Waals surface area contributed by atoms with Gasteiger partial charge in [-0.2, -0.15) is 5.10 Å². The van der Waals surface area contributed by atoms with E-state index in [0.29, 0.717) is 30.8 Å². The lowest BCUT2D eigenvalue weighted by molar-refractivity contribution is 0.108. The molecule has 0 spiro atoms. The maximum absolute atomic E-state index is 11.7. The second-order valence-electron chi connectivity index (χ2n) is 5.82. The van der Waals surface area contributed by atoms with E-state index in [2.05, 4.69) is 34.7 Å². The lowest BCUT2D eigenvalue weighted by Crippen LogP contribution is -2.30. The molecule has 0 bridgehead atoms. The number of anilines is 1. The number of carbonyl (C=O) groups excluding carboxylic acids is 1. The van der Waals surface area contributed by atoms with Gasteiger partial charge in [0, 0.05) is 25.7 Å². The number of urea groups is 1. The van der Waals surface area contributed by atoms with Crippen molar-refractivity contribution in [2.24, 2.45) is 5.92 Å². The summed E-state index contributed by atoms with van der Waals surface area (Å²) in [5, 5.41) is 13.6. The van der Waals surface area contributed by atoms with E-state index in [-0.39, 0.29) is 6.03 Å². The minimum Gasteiger partial charge on any atom is -0.381 e. The van der Waals surface area contributed by atoms with E-state index in [1.807, 2.05) is 6.07 Å². The summed E-state index contributed by atoms with van der Waals surface area (Å²) < 4.78 is 5.44. The molecule has 2 N–H and O–H groups in total. The van der Waals surface area contributed by atoms with Gasteiger partial charge in [-0.05, 0) is 37.3 Å². The van der Waals surface area contributed by atoms with E-state index in [1.54, 1.807) is 6.07 Å². The zero-order valence-electron chi connectivity index (χ0n) is 12.8. The normalized spacial score (nSPS) is 14.2. The van der Waals surface area contributed by atoms with Crippen molar-refractivity contribution in [2.75, 3.05) is 25.1 Å². The maximum atomic E-state index is 11.7. The van der Waals surface area contributed by atoms with Crippen LogP contribution in [-0.2, 0) is 4.74 Å². The predicted molar refractivity (Wildman–Crippen MR) is 81.3 cm³/mol. The third-order valence-corrected chi connectivity index (χ3v) is 3.12. The minimum absolute atomic E-state index is 0.257. The van der Waals surface area contributed by atoms with Crippen LogP contribution in [0.2, 0.25) is 0 Å². The van der Waals surface area contributed by atoms with Crippen molar-refractivity contribution in [3.8, 4) is 0 Å². The van der Waals surface area contributed by atoms with Gasteiger partial charge in [0.1, 0.15) is 0 Å². The quantitative estimate of drug-likeness (QED) is 0.722. The van der Waals surface area contributed by atoms with Crippen molar-refractivity contribution in [3.63, 3.8) is 0 Å². The molecule has 0 unspecified atom stereocenters. The molecule has 116 valence electrons. The van der Waals surface area contributed by atoms with Gasteiger partial charge in [0.2, 0.25) is 0 Å². The first-order chi connectivity index (χ1) is 10.1. The Labute approximate surface area is 125 Å². The van der Waals surface area contributed by atoms with Crippen LogP contribution in [0.3, 0.4) is 0 Å². The molecule has 1 heterocycles. The standard InChI is InChI=1S/C15H24N4O2/c1-11(2)10-21-9-3-8-16-15(20)17-14-7-6-13(18-19-14)12-4-5-12/h6-7,11-12H,3-5,8-10H2,1-2H3,(H2,16,17,19,20). The number of nitrogens with one attached hydrogen (secondary N) is 2. The molecule has 1 aliphatic carbocycles. The topological polar surface area (TPSA) is 76.1 Å². The van der Waals surface area contributed by atoms with E-state index in [4.69, 9.17) is 4.74 Å². The molecule has 0 aromatic carbocycles. The Hall–Kier alpha value is -1.69. The second-order valence-corrected chi connectivity index (χ2v) is 5.82. The first kappa shape index (κ1) is 15.7. The molecule has 1 saturated carbocycles. The maximum Gasteiger partial charge on any atom is 0.320 e. The monoisotopic (exact) mass is 292 g/mol. The fourth-order valence-electron chi connectivity index (χ4n) is 1.86. The molecule has 1 aromatic heterocycles. The predicted octanol–water partition coefficient (Wildman–Crippen LogP) is 2.54. The van der Waals surface area contributed by atoms with Gasteiger partial charge in [-0.3, -0.25) is 5.32 Å². The van der Waals surface area contributed by atoms with Gasteiger partial charge in [0.15, 0.2) is 5.82 Å². The fourth-order valence-corrected chi connectivity index (χ4v) is 1.86. The number of rotatable bonds is 8. The van der Waals surface area contributed by atoms with Crippen molar-refractivity contribution < 1.29 is 9.53 Å². The minimum atomic E-state index is -0.257. The van der Waals surface area contributed by atoms with Crippen LogP contribution in [0.25, 0.3) is 0 Å². The van der Waals surface area contributed by atoms with E-state index in [1.165, 1.54) is 12.8 Å². The summed E-state index contributed by atoms with van der Waals surface area (Å²) in [6, 6.07) is 3.47. The molecule has 0 radical (unpaired) electrons. The zero-order valence-corrected chi connectivity index (χ0v) is 12.8. The summed E-state index contributed by atoms with van der Waals surface area (Å²) in [7, 11) is 0. The Morgan fingerprint density at radius 3 is 2.81 bits per heavy atom.